The van der Waals surface area contributed by atoms with Crippen molar-refractivity contribution < 1.29 is 19.0 Å². The summed E-state index contributed by atoms with van der Waals surface area (Å²) in [6.45, 7) is 3.63. The molecular weight excluding hydrogens is 338 g/mol. The summed E-state index contributed by atoms with van der Waals surface area (Å²) in [5, 5.41) is 3.29. The van der Waals surface area contributed by atoms with Crippen molar-refractivity contribution in [3.8, 4) is 11.5 Å². The van der Waals surface area contributed by atoms with Gasteiger partial charge in [-0.2, -0.15) is 0 Å². The molecule has 1 N–H and O–H groups in total. The Balaban J connectivity index is 2.46. The van der Waals surface area contributed by atoms with Gasteiger partial charge in [-0.3, -0.25) is 4.79 Å². The Hall–Kier alpha value is -1.27. The van der Waals surface area contributed by atoms with Crippen molar-refractivity contribution in [3.63, 3.8) is 0 Å². The zero-order valence-corrected chi connectivity index (χ0v) is 14.3. The molecule has 0 saturated heterocycles. The van der Waals surface area contributed by atoms with E-state index in [1.807, 2.05) is 19.1 Å². The van der Waals surface area contributed by atoms with Crippen LogP contribution in [0.2, 0.25) is 0 Å². The van der Waals surface area contributed by atoms with Gasteiger partial charge in [0.2, 0.25) is 0 Å². The predicted octanol–water partition coefficient (Wildman–Crippen LogP) is 2.90. The molecule has 0 unspecified atom stereocenters. The van der Waals surface area contributed by atoms with Gasteiger partial charge in [0.05, 0.1) is 25.3 Å². The number of hydrogen-bond acceptors (Lipinski definition) is 5. The smallest absolute Gasteiger partial charge is 0.305 e. The highest BCUT2D eigenvalue weighted by Gasteiger charge is 2.09. The number of nitrogens with one attached hydrogen (secondary N) is 1. The molecule has 0 aliphatic rings. The van der Waals surface area contributed by atoms with E-state index in [1.54, 1.807) is 14.2 Å². The molecule has 0 spiro atoms. The highest BCUT2D eigenvalue weighted by Crippen LogP contribution is 2.32. The van der Waals surface area contributed by atoms with Crippen LogP contribution in [-0.2, 0) is 16.1 Å². The number of ether oxygens (including phenoxy) is 3. The first kappa shape index (κ1) is 17.8. The zero-order chi connectivity index (χ0) is 15.7. The van der Waals surface area contributed by atoms with E-state index in [0.29, 0.717) is 19.6 Å². The average molecular weight is 360 g/mol. The number of methoxy groups -OCH3 is 2. The van der Waals surface area contributed by atoms with E-state index < -0.39 is 0 Å². The first-order valence-corrected chi connectivity index (χ1v) is 7.68. The molecule has 0 saturated carbocycles. The number of esters is 1. The fourth-order valence-corrected chi connectivity index (χ4v) is 2.36. The minimum Gasteiger partial charge on any atom is -0.496 e. The van der Waals surface area contributed by atoms with E-state index in [4.69, 9.17) is 14.2 Å². The SMILES string of the molecule is CCOC(=O)CCCNCc1cc(OC)c(Br)cc1OC. The third-order valence-electron chi connectivity index (χ3n) is 2.91. The van der Waals surface area contributed by atoms with Crippen LogP contribution in [0.1, 0.15) is 25.3 Å². The van der Waals surface area contributed by atoms with Crippen molar-refractivity contribution in [2.24, 2.45) is 0 Å². The van der Waals surface area contributed by atoms with Crippen LogP contribution >= 0.6 is 15.9 Å². The van der Waals surface area contributed by atoms with Gasteiger partial charge in [0.15, 0.2) is 0 Å². The molecule has 0 fully saturated rings. The monoisotopic (exact) mass is 359 g/mol. The Morgan fingerprint density at radius 2 is 1.95 bits per heavy atom. The minimum atomic E-state index is -0.151. The number of carbonyl (C=O) groups is 1. The first-order valence-electron chi connectivity index (χ1n) is 6.89. The summed E-state index contributed by atoms with van der Waals surface area (Å²) in [5.74, 6) is 1.40. The molecule has 5 nitrogen and oxygen atoms in total. The van der Waals surface area contributed by atoms with Crippen LogP contribution in [-0.4, -0.2) is 33.3 Å². The summed E-state index contributed by atoms with van der Waals surface area (Å²) in [7, 11) is 3.27. The Bertz CT molecular complexity index is 465. The number of halogens is 1. The van der Waals surface area contributed by atoms with E-state index in [2.05, 4.69) is 21.2 Å². The highest BCUT2D eigenvalue weighted by atomic mass is 79.9. The number of rotatable bonds is 9. The van der Waals surface area contributed by atoms with E-state index in [9.17, 15) is 4.79 Å². The van der Waals surface area contributed by atoms with Crippen molar-refractivity contribution in [2.75, 3.05) is 27.4 Å². The molecule has 6 heteroatoms. The summed E-state index contributed by atoms with van der Waals surface area (Å²) in [4.78, 5) is 11.2. The number of hydrogen-bond donors (Lipinski definition) is 1. The Labute approximate surface area is 134 Å². The molecule has 1 rings (SSSR count). The molecular formula is C15H22BrNO4. The maximum absolute atomic E-state index is 11.2. The van der Waals surface area contributed by atoms with Crippen LogP contribution in [0.25, 0.3) is 0 Å². The summed E-state index contributed by atoms with van der Waals surface area (Å²) < 4.78 is 16.4. The molecule has 0 amide bonds. The van der Waals surface area contributed by atoms with Gasteiger partial charge < -0.3 is 19.5 Å². The largest absolute Gasteiger partial charge is 0.496 e. The van der Waals surface area contributed by atoms with Crippen molar-refractivity contribution in [1.29, 1.82) is 0 Å². The molecule has 0 aliphatic carbocycles. The molecule has 0 aromatic heterocycles. The number of carbonyl (C=O) groups excluding carboxylic acids is 1. The molecule has 0 heterocycles. The van der Waals surface area contributed by atoms with Gasteiger partial charge in [0.25, 0.3) is 0 Å². The van der Waals surface area contributed by atoms with Crippen LogP contribution in [0.3, 0.4) is 0 Å². The second-order valence-electron chi connectivity index (χ2n) is 4.38. The number of benzene rings is 1. The lowest BCUT2D eigenvalue weighted by Crippen LogP contribution is -2.17. The van der Waals surface area contributed by atoms with E-state index in [0.717, 1.165) is 34.5 Å². The van der Waals surface area contributed by atoms with Crippen LogP contribution in [0.5, 0.6) is 11.5 Å². The van der Waals surface area contributed by atoms with Gasteiger partial charge in [-0.25, -0.2) is 0 Å². The quantitative estimate of drug-likeness (QED) is 0.542. The highest BCUT2D eigenvalue weighted by molar-refractivity contribution is 9.10. The molecule has 1 aromatic carbocycles. The molecule has 1 aromatic rings. The van der Waals surface area contributed by atoms with E-state index >= 15 is 0 Å². The lowest BCUT2D eigenvalue weighted by molar-refractivity contribution is -0.143. The first-order chi connectivity index (χ1) is 10.1. The van der Waals surface area contributed by atoms with Gasteiger partial charge in [-0.1, -0.05) is 0 Å². The lowest BCUT2D eigenvalue weighted by atomic mass is 10.2. The van der Waals surface area contributed by atoms with Gasteiger partial charge in [-0.05, 0) is 48.0 Å². The molecule has 118 valence electrons. The van der Waals surface area contributed by atoms with E-state index in [1.165, 1.54) is 0 Å². The third-order valence-corrected chi connectivity index (χ3v) is 3.53. The van der Waals surface area contributed by atoms with Gasteiger partial charge in [0, 0.05) is 18.5 Å². The molecule has 0 radical (unpaired) electrons. The Morgan fingerprint density at radius 3 is 2.57 bits per heavy atom. The standard InChI is InChI=1S/C15H22BrNO4/c1-4-21-15(18)6-5-7-17-10-11-8-14(20-3)12(16)9-13(11)19-2/h8-9,17H,4-7,10H2,1-3H3. The zero-order valence-electron chi connectivity index (χ0n) is 12.7. The molecule has 0 bridgehead atoms. The van der Waals surface area contributed by atoms with Crippen molar-refractivity contribution in [2.45, 2.75) is 26.3 Å². The second kappa shape index (κ2) is 9.63. The third kappa shape index (κ3) is 5.93. The maximum Gasteiger partial charge on any atom is 0.305 e. The van der Waals surface area contributed by atoms with E-state index in [-0.39, 0.29) is 5.97 Å². The maximum atomic E-state index is 11.2. The van der Waals surface area contributed by atoms with Crippen molar-refractivity contribution in [3.05, 3.63) is 22.2 Å². The predicted molar refractivity (Wildman–Crippen MR) is 84.8 cm³/mol. The van der Waals surface area contributed by atoms with Crippen molar-refractivity contribution >= 4 is 21.9 Å². The summed E-state index contributed by atoms with van der Waals surface area (Å²) in [5.41, 5.74) is 1.01. The van der Waals surface area contributed by atoms with Crippen LogP contribution in [0.15, 0.2) is 16.6 Å². The van der Waals surface area contributed by atoms with Crippen LogP contribution in [0, 0.1) is 0 Å². The van der Waals surface area contributed by atoms with Gasteiger partial charge >= 0.3 is 5.97 Å². The average Bonchev–Trinajstić information content (AvgIpc) is 2.48. The van der Waals surface area contributed by atoms with Crippen LogP contribution < -0.4 is 14.8 Å². The fourth-order valence-electron chi connectivity index (χ4n) is 1.88. The lowest BCUT2D eigenvalue weighted by Gasteiger charge is -2.13. The van der Waals surface area contributed by atoms with Crippen LogP contribution in [0.4, 0.5) is 0 Å². The van der Waals surface area contributed by atoms with Gasteiger partial charge in [0.1, 0.15) is 11.5 Å². The molecule has 0 aliphatic heterocycles. The topological polar surface area (TPSA) is 56.8 Å². The van der Waals surface area contributed by atoms with Gasteiger partial charge in [-0.15, -0.1) is 0 Å². The molecule has 0 atom stereocenters. The second-order valence-corrected chi connectivity index (χ2v) is 5.24. The normalized spacial score (nSPS) is 10.3. The summed E-state index contributed by atoms with van der Waals surface area (Å²) in [6, 6.07) is 3.82. The summed E-state index contributed by atoms with van der Waals surface area (Å²) in [6.07, 6.45) is 1.18. The minimum absolute atomic E-state index is 0.151. The Morgan fingerprint density at radius 1 is 1.24 bits per heavy atom. The molecule has 21 heavy (non-hydrogen) atoms. The Kier molecular flexibility index (Phi) is 8.15. The van der Waals surface area contributed by atoms with Crippen molar-refractivity contribution in [1.82, 2.24) is 5.32 Å². The fraction of sp³-hybridized carbons (Fsp3) is 0.533. The summed E-state index contributed by atoms with van der Waals surface area (Å²) >= 11 is 3.43.